The number of allylic oxidation sites excluding steroid dienone is 2. The summed E-state index contributed by atoms with van der Waals surface area (Å²) in [6.07, 6.45) is 7.95. The highest BCUT2D eigenvalue weighted by Gasteiger charge is 1.69. The predicted molar refractivity (Wildman–Crippen MR) is 37.6 cm³/mol. The molecule has 0 aromatic carbocycles. The van der Waals surface area contributed by atoms with Crippen LogP contribution in [0.2, 0.25) is 0 Å². The van der Waals surface area contributed by atoms with Crippen LogP contribution >= 0.6 is 0 Å². The lowest BCUT2D eigenvalue weighted by molar-refractivity contribution is 1.00. The Kier molecular flexibility index (Phi) is 5.99. The highest BCUT2D eigenvalue weighted by molar-refractivity contribution is 4.88. The molecule has 1 heteroatoms. The molecule has 0 aliphatic rings. The first-order chi connectivity index (χ1) is 3.91. The summed E-state index contributed by atoms with van der Waals surface area (Å²) in [4.78, 5) is 0. The summed E-state index contributed by atoms with van der Waals surface area (Å²) in [6, 6.07) is 0. The summed E-state index contributed by atoms with van der Waals surface area (Å²) in [6.45, 7) is 4.32. The fourth-order valence-corrected chi connectivity index (χ4v) is 0.407. The highest BCUT2D eigenvalue weighted by Crippen LogP contribution is 1.84. The van der Waals surface area contributed by atoms with Crippen LogP contribution in [0.4, 0.5) is 0 Å². The fraction of sp³-hybridized carbons (Fsp3) is 0.429. The smallest absolute Gasteiger partial charge is 0.00426 e. The predicted octanol–water partition coefficient (Wildman–Crippen LogP) is 1.47. The summed E-state index contributed by atoms with van der Waals surface area (Å²) in [5, 5.41) is 0. The molecular formula is C7H13N. The van der Waals surface area contributed by atoms with Crippen molar-refractivity contribution < 1.29 is 0 Å². The number of nitrogens with two attached hydrogens (primary N) is 1. The van der Waals surface area contributed by atoms with Gasteiger partial charge in [-0.1, -0.05) is 18.2 Å². The number of hydrogen-bond acceptors (Lipinski definition) is 1. The molecule has 0 aromatic rings. The Morgan fingerprint density at radius 2 is 2.12 bits per heavy atom. The average Bonchev–Trinajstić information content (AvgIpc) is 1.81. The molecule has 2 N–H and O–H groups in total. The van der Waals surface area contributed by atoms with E-state index >= 15 is 0 Å². The van der Waals surface area contributed by atoms with Gasteiger partial charge in [0.15, 0.2) is 0 Å². The van der Waals surface area contributed by atoms with Crippen molar-refractivity contribution in [3.8, 4) is 0 Å². The van der Waals surface area contributed by atoms with Gasteiger partial charge in [0.25, 0.3) is 0 Å². The summed E-state index contributed by atoms with van der Waals surface area (Å²) in [5.41, 5.74) is 5.23. The minimum atomic E-state index is 0.744. The Labute approximate surface area is 50.9 Å². The third-order valence-corrected chi connectivity index (χ3v) is 0.803. The lowest BCUT2D eigenvalue weighted by Crippen LogP contribution is -1.94. The maximum absolute atomic E-state index is 5.23. The van der Waals surface area contributed by atoms with E-state index in [9.17, 15) is 0 Å². The average molecular weight is 111 g/mol. The van der Waals surface area contributed by atoms with Gasteiger partial charge in [0.05, 0.1) is 0 Å². The van der Waals surface area contributed by atoms with Crippen molar-refractivity contribution in [3.63, 3.8) is 0 Å². The second-order valence-electron chi connectivity index (χ2n) is 1.57. The molecule has 0 aromatic heterocycles. The van der Waals surface area contributed by atoms with Crippen LogP contribution in [0, 0.1) is 0 Å². The van der Waals surface area contributed by atoms with Gasteiger partial charge in [0.2, 0.25) is 0 Å². The molecule has 8 heavy (non-hydrogen) atoms. The van der Waals surface area contributed by atoms with E-state index < -0.39 is 0 Å². The van der Waals surface area contributed by atoms with Gasteiger partial charge in [-0.2, -0.15) is 0 Å². The molecule has 0 radical (unpaired) electrons. The standard InChI is InChI=1S/C7H13N/c1-2-3-4-5-6-7-8/h2,4-5H,1,3,6-8H2/b5-4+. The minimum Gasteiger partial charge on any atom is -0.330 e. The quantitative estimate of drug-likeness (QED) is 0.546. The molecule has 0 atom stereocenters. The van der Waals surface area contributed by atoms with Crippen LogP contribution in [0.5, 0.6) is 0 Å². The summed E-state index contributed by atoms with van der Waals surface area (Å²) in [5.74, 6) is 0. The van der Waals surface area contributed by atoms with E-state index in [2.05, 4.69) is 18.7 Å². The molecule has 0 saturated heterocycles. The van der Waals surface area contributed by atoms with E-state index in [1.165, 1.54) is 0 Å². The molecule has 0 fully saturated rings. The third-order valence-electron chi connectivity index (χ3n) is 0.803. The summed E-state index contributed by atoms with van der Waals surface area (Å²) >= 11 is 0. The molecule has 0 bridgehead atoms. The van der Waals surface area contributed by atoms with Gasteiger partial charge in [-0.25, -0.2) is 0 Å². The van der Waals surface area contributed by atoms with Gasteiger partial charge in [-0.05, 0) is 19.4 Å². The van der Waals surface area contributed by atoms with Gasteiger partial charge in [0, 0.05) is 0 Å². The van der Waals surface area contributed by atoms with Crippen LogP contribution < -0.4 is 5.73 Å². The second-order valence-corrected chi connectivity index (χ2v) is 1.57. The SMILES string of the molecule is C=CC/C=C/CCN. The monoisotopic (exact) mass is 111 g/mol. The lowest BCUT2D eigenvalue weighted by Gasteiger charge is -1.81. The Morgan fingerprint density at radius 3 is 2.62 bits per heavy atom. The van der Waals surface area contributed by atoms with Crippen LogP contribution in [0.3, 0.4) is 0 Å². The van der Waals surface area contributed by atoms with Crippen molar-refractivity contribution in [1.82, 2.24) is 0 Å². The first-order valence-corrected chi connectivity index (χ1v) is 2.87. The minimum absolute atomic E-state index is 0.744. The Bertz CT molecular complexity index is 74.5. The molecule has 0 rings (SSSR count). The van der Waals surface area contributed by atoms with Crippen molar-refractivity contribution >= 4 is 0 Å². The van der Waals surface area contributed by atoms with E-state index in [0.717, 1.165) is 19.4 Å². The molecule has 0 aliphatic carbocycles. The summed E-state index contributed by atoms with van der Waals surface area (Å²) < 4.78 is 0. The van der Waals surface area contributed by atoms with Crippen molar-refractivity contribution in [3.05, 3.63) is 24.8 Å². The molecule has 0 saturated carbocycles. The molecule has 0 heterocycles. The largest absolute Gasteiger partial charge is 0.330 e. The van der Waals surface area contributed by atoms with Gasteiger partial charge in [-0.15, -0.1) is 6.58 Å². The van der Waals surface area contributed by atoms with E-state index in [4.69, 9.17) is 5.73 Å². The van der Waals surface area contributed by atoms with E-state index in [1.807, 2.05) is 6.08 Å². The molecule has 0 unspecified atom stereocenters. The van der Waals surface area contributed by atoms with Gasteiger partial charge in [-0.3, -0.25) is 0 Å². The molecule has 0 aliphatic heterocycles. The Balaban J connectivity index is 2.94. The zero-order chi connectivity index (χ0) is 6.24. The van der Waals surface area contributed by atoms with E-state index in [1.54, 1.807) is 0 Å². The highest BCUT2D eigenvalue weighted by atomic mass is 14.5. The van der Waals surface area contributed by atoms with Gasteiger partial charge < -0.3 is 5.73 Å². The number of hydrogen-bond donors (Lipinski definition) is 1. The maximum Gasteiger partial charge on any atom is -0.00426 e. The summed E-state index contributed by atoms with van der Waals surface area (Å²) in [7, 11) is 0. The molecular weight excluding hydrogens is 98.1 g/mol. The third kappa shape index (κ3) is 5.44. The van der Waals surface area contributed by atoms with E-state index in [-0.39, 0.29) is 0 Å². The lowest BCUT2D eigenvalue weighted by atomic mass is 10.3. The Morgan fingerprint density at radius 1 is 1.38 bits per heavy atom. The molecule has 0 spiro atoms. The first kappa shape index (κ1) is 7.44. The second kappa shape index (κ2) is 6.44. The van der Waals surface area contributed by atoms with Crippen molar-refractivity contribution in [1.29, 1.82) is 0 Å². The molecule has 46 valence electrons. The first-order valence-electron chi connectivity index (χ1n) is 2.87. The zero-order valence-electron chi connectivity index (χ0n) is 5.14. The maximum atomic E-state index is 5.23. The van der Waals surface area contributed by atoms with Gasteiger partial charge in [0.1, 0.15) is 0 Å². The topological polar surface area (TPSA) is 26.0 Å². The van der Waals surface area contributed by atoms with E-state index in [0.29, 0.717) is 0 Å². The number of rotatable bonds is 4. The normalized spacial score (nSPS) is 10.1. The van der Waals surface area contributed by atoms with Crippen molar-refractivity contribution in [2.24, 2.45) is 5.73 Å². The van der Waals surface area contributed by atoms with Crippen LogP contribution in [-0.4, -0.2) is 6.54 Å². The van der Waals surface area contributed by atoms with Gasteiger partial charge >= 0.3 is 0 Å². The zero-order valence-corrected chi connectivity index (χ0v) is 5.14. The fourth-order valence-electron chi connectivity index (χ4n) is 0.407. The Hall–Kier alpha value is -0.560. The van der Waals surface area contributed by atoms with Crippen molar-refractivity contribution in [2.45, 2.75) is 12.8 Å². The molecule has 1 nitrogen and oxygen atoms in total. The van der Waals surface area contributed by atoms with Crippen LogP contribution in [0.1, 0.15) is 12.8 Å². The van der Waals surface area contributed by atoms with Crippen molar-refractivity contribution in [2.75, 3.05) is 6.54 Å². The van der Waals surface area contributed by atoms with Crippen LogP contribution in [0.25, 0.3) is 0 Å². The van der Waals surface area contributed by atoms with Crippen LogP contribution in [0.15, 0.2) is 24.8 Å². The van der Waals surface area contributed by atoms with Crippen LogP contribution in [-0.2, 0) is 0 Å². The molecule has 0 amide bonds.